The Hall–Kier alpha value is -1.81. The maximum Gasteiger partial charge on any atom is 0.0771 e. The van der Waals surface area contributed by atoms with Gasteiger partial charge < -0.3 is 10.1 Å². The summed E-state index contributed by atoms with van der Waals surface area (Å²) in [5, 5.41) is 7.88. The quantitative estimate of drug-likeness (QED) is 0.907. The van der Waals surface area contributed by atoms with E-state index in [0.29, 0.717) is 6.10 Å². The van der Waals surface area contributed by atoms with Gasteiger partial charge in [0.25, 0.3) is 0 Å². The van der Waals surface area contributed by atoms with Gasteiger partial charge in [-0.25, -0.2) is 0 Å². The maximum atomic E-state index is 5.64. The summed E-state index contributed by atoms with van der Waals surface area (Å²) in [4.78, 5) is 0. The van der Waals surface area contributed by atoms with Crippen molar-refractivity contribution in [2.45, 2.75) is 38.5 Å². The molecule has 1 aromatic carbocycles. The minimum absolute atomic E-state index is 0.275. The summed E-state index contributed by atoms with van der Waals surface area (Å²) in [5.41, 5.74) is 2.33. The third-order valence-corrected chi connectivity index (χ3v) is 3.73. The van der Waals surface area contributed by atoms with Crippen molar-refractivity contribution < 1.29 is 4.74 Å². The van der Waals surface area contributed by atoms with Crippen molar-refractivity contribution in [1.82, 2.24) is 9.78 Å². The van der Waals surface area contributed by atoms with E-state index in [-0.39, 0.29) is 6.04 Å². The van der Waals surface area contributed by atoms with E-state index < -0.39 is 0 Å². The molecule has 1 saturated heterocycles. The van der Waals surface area contributed by atoms with E-state index in [0.717, 1.165) is 25.3 Å². The molecule has 0 spiro atoms. The predicted octanol–water partition coefficient (Wildman–Crippen LogP) is 3.24. The van der Waals surface area contributed by atoms with Crippen LogP contribution in [0.5, 0.6) is 0 Å². The summed E-state index contributed by atoms with van der Waals surface area (Å²) in [6.07, 6.45) is 6.58. The Morgan fingerprint density at radius 2 is 2.25 bits per heavy atom. The number of aromatic nitrogens is 2. The highest BCUT2D eigenvalue weighted by molar-refractivity contribution is 5.41. The molecule has 3 rings (SSSR count). The van der Waals surface area contributed by atoms with E-state index in [4.69, 9.17) is 4.74 Å². The lowest BCUT2D eigenvalue weighted by molar-refractivity contribution is 0.0940. The summed E-state index contributed by atoms with van der Waals surface area (Å²) in [6.45, 7) is 3.90. The van der Waals surface area contributed by atoms with Crippen LogP contribution in [0.2, 0.25) is 0 Å². The van der Waals surface area contributed by atoms with Crippen LogP contribution in [0.25, 0.3) is 0 Å². The van der Waals surface area contributed by atoms with Crippen molar-refractivity contribution in [3.63, 3.8) is 0 Å². The Labute approximate surface area is 119 Å². The topological polar surface area (TPSA) is 39.1 Å². The minimum Gasteiger partial charge on any atom is -0.376 e. The fraction of sp³-hybridized carbons (Fsp3) is 0.438. The first-order valence-corrected chi connectivity index (χ1v) is 7.27. The van der Waals surface area contributed by atoms with Crippen molar-refractivity contribution in [3.05, 3.63) is 48.3 Å². The summed E-state index contributed by atoms with van der Waals surface area (Å²) >= 11 is 0. The molecule has 1 fully saturated rings. The first-order valence-electron chi connectivity index (χ1n) is 7.27. The number of rotatable bonds is 5. The number of benzene rings is 1. The molecule has 4 nitrogen and oxygen atoms in total. The van der Waals surface area contributed by atoms with Crippen LogP contribution in [0.15, 0.2) is 42.7 Å². The van der Waals surface area contributed by atoms with Crippen molar-refractivity contribution in [1.29, 1.82) is 0 Å². The molecule has 1 N–H and O–H groups in total. The molecule has 0 radical (unpaired) electrons. The average Bonchev–Trinajstić information content (AvgIpc) is 3.12. The number of ether oxygens (including phenoxy) is 1. The highest BCUT2D eigenvalue weighted by atomic mass is 16.5. The van der Waals surface area contributed by atoms with Gasteiger partial charge in [-0.05, 0) is 25.3 Å². The highest BCUT2D eigenvalue weighted by Gasteiger charge is 2.16. The molecule has 0 saturated carbocycles. The lowest BCUT2D eigenvalue weighted by Crippen LogP contribution is -2.15. The molecule has 2 aromatic rings. The molecule has 0 aliphatic carbocycles. The first kappa shape index (κ1) is 13.2. The molecule has 4 heteroatoms. The zero-order chi connectivity index (χ0) is 13.8. The molecular formula is C16H21N3O. The van der Waals surface area contributed by atoms with Crippen LogP contribution < -0.4 is 5.32 Å². The van der Waals surface area contributed by atoms with Gasteiger partial charge in [0.1, 0.15) is 0 Å². The summed E-state index contributed by atoms with van der Waals surface area (Å²) in [6, 6.07) is 10.7. The molecule has 1 aromatic heterocycles. The van der Waals surface area contributed by atoms with Gasteiger partial charge in [-0.15, -0.1) is 0 Å². The number of hydrogen-bond acceptors (Lipinski definition) is 3. The molecule has 20 heavy (non-hydrogen) atoms. The van der Waals surface area contributed by atoms with Crippen LogP contribution in [-0.2, 0) is 11.3 Å². The lowest BCUT2D eigenvalue weighted by Gasteiger charge is -2.13. The molecule has 2 heterocycles. The van der Waals surface area contributed by atoms with Gasteiger partial charge in [0.15, 0.2) is 0 Å². The van der Waals surface area contributed by atoms with E-state index in [1.54, 1.807) is 0 Å². The van der Waals surface area contributed by atoms with Gasteiger partial charge in [-0.2, -0.15) is 5.10 Å². The fourth-order valence-corrected chi connectivity index (χ4v) is 2.61. The smallest absolute Gasteiger partial charge is 0.0771 e. The third-order valence-electron chi connectivity index (χ3n) is 3.73. The highest BCUT2D eigenvalue weighted by Crippen LogP contribution is 2.19. The number of hydrogen-bond donors (Lipinski definition) is 1. The van der Waals surface area contributed by atoms with Gasteiger partial charge >= 0.3 is 0 Å². The summed E-state index contributed by atoms with van der Waals surface area (Å²) in [7, 11) is 0. The SMILES string of the molecule is CC(Nc1cnn(CC2CCCO2)c1)c1ccccc1. The Morgan fingerprint density at radius 1 is 1.40 bits per heavy atom. The van der Waals surface area contributed by atoms with Gasteiger partial charge in [0.2, 0.25) is 0 Å². The number of anilines is 1. The number of nitrogens with zero attached hydrogens (tertiary/aromatic N) is 2. The summed E-state index contributed by atoms with van der Waals surface area (Å²) in [5.74, 6) is 0. The molecule has 0 bridgehead atoms. The van der Waals surface area contributed by atoms with Crippen LogP contribution in [0.3, 0.4) is 0 Å². The molecule has 1 aliphatic rings. The van der Waals surface area contributed by atoms with Gasteiger partial charge in [0, 0.05) is 18.8 Å². The Kier molecular flexibility index (Phi) is 4.02. The standard InChI is InChI=1S/C16H21N3O/c1-13(14-6-3-2-4-7-14)18-15-10-17-19(11-15)12-16-8-5-9-20-16/h2-4,6-7,10-11,13,16,18H,5,8-9,12H2,1H3. The van der Waals surface area contributed by atoms with Gasteiger partial charge in [-0.1, -0.05) is 30.3 Å². The molecule has 2 atom stereocenters. The fourth-order valence-electron chi connectivity index (χ4n) is 2.61. The monoisotopic (exact) mass is 271 g/mol. The zero-order valence-electron chi connectivity index (χ0n) is 11.8. The largest absolute Gasteiger partial charge is 0.376 e. The predicted molar refractivity (Wildman–Crippen MR) is 79.7 cm³/mol. The second-order valence-electron chi connectivity index (χ2n) is 5.36. The molecule has 106 valence electrons. The normalized spacial score (nSPS) is 19.9. The Morgan fingerprint density at radius 3 is 3.00 bits per heavy atom. The van der Waals surface area contributed by atoms with Crippen LogP contribution in [-0.4, -0.2) is 22.5 Å². The van der Waals surface area contributed by atoms with Crippen molar-refractivity contribution >= 4 is 5.69 Å². The van der Waals surface area contributed by atoms with E-state index in [1.807, 2.05) is 16.9 Å². The first-order chi connectivity index (χ1) is 9.81. The van der Waals surface area contributed by atoms with Crippen molar-refractivity contribution in [3.8, 4) is 0 Å². The van der Waals surface area contributed by atoms with Crippen LogP contribution >= 0.6 is 0 Å². The minimum atomic E-state index is 0.275. The van der Waals surface area contributed by atoms with Crippen LogP contribution in [0.4, 0.5) is 5.69 Å². The molecule has 1 aliphatic heterocycles. The van der Waals surface area contributed by atoms with Crippen LogP contribution in [0.1, 0.15) is 31.4 Å². The average molecular weight is 271 g/mol. The number of nitrogens with one attached hydrogen (secondary N) is 1. The molecule has 0 amide bonds. The van der Waals surface area contributed by atoms with E-state index in [2.05, 4.69) is 47.8 Å². The van der Waals surface area contributed by atoms with E-state index >= 15 is 0 Å². The Balaban J connectivity index is 1.59. The Bertz CT molecular complexity index is 532. The van der Waals surface area contributed by atoms with E-state index in [1.165, 1.54) is 12.0 Å². The van der Waals surface area contributed by atoms with Crippen molar-refractivity contribution in [2.75, 3.05) is 11.9 Å². The second-order valence-corrected chi connectivity index (χ2v) is 5.36. The van der Waals surface area contributed by atoms with Gasteiger partial charge in [0.05, 0.1) is 24.5 Å². The molecular weight excluding hydrogens is 250 g/mol. The van der Waals surface area contributed by atoms with Gasteiger partial charge in [-0.3, -0.25) is 4.68 Å². The second kappa shape index (κ2) is 6.09. The van der Waals surface area contributed by atoms with Crippen molar-refractivity contribution in [2.24, 2.45) is 0 Å². The third kappa shape index (κ3) is 3.20. The zero-order valence-corrected chi connectivity index (χ0v) is 11.8. The van der Waals surface area contributed by atoms with E-state index in [9.17, 15) is 0 Å². The molecule has 2 unspecified atom stereocenters. The summed E-state index contributed by atoms with van der Waals surface area (Å²) < 4.78 is 7.60. The maximum absolute atomic E-state index is 5.64. The van der Waals surface area contributed by atoms with Crippen LogP contribution in [0, 0.1) is 0 Å². The lowest BCUT2D eigenvalue weighted by atomic mass is 10.1.